The van der Waals surface area contributed by atoms with Crippen molar-refractivity contribution in [3.05, 3.63) is 12.7 Å². The van der Waals surface area contributed by atoms with Gasteiger partial charge in [-0.15, -0.1) is 6.58 Å². The number of carbonyl (C=O) groups is 1. The van der Waals surface area contributed by atoms with Gasteiger partial charge in [0.25, 0.3) is 0 Å². The highest BCUT2D eigenvalue weighted by atomic mass is 19.4. The monoisotopic (exact) mass is 322 g/mol. The van der Waals surface area contributed by atoms with E-state index in [1.807, 2.05) is 4.90 Å². The van der Waals surface area contributed by atoms with Gasteiger partial charge in [-0.2, -0.15) is 13.2 Å². The lowest BCUT2D eigenvalue weighted by Crippen LogP contribution is -2.57. The van der Waals surface area contributed by atoms with Gasteiger partial charge in [-0.05, 0) is 33.1 Å². The summed E-state index contributed by atoms with van der Waals surface area (Å²) < 4.78 is 43.5. The van der Waals surface area contributed by atoms with Gasteiger partial charge in [-0.3, -0.25) is 9.69 Å². The fraction of sp³-hybridized carbons (Fsp3) is 0.800. The summed E-state index contributed by atoms with van der Waals surface area (Å²) in [5.41, 5.74) is -0.760. The Balaban J connectivity index is 2.58. The van der Waals surface area contributed by atoms with Crippen LogP contribution in [0.25, 0.3) is 0 Å². The lowest BCUT2D eigenvalue weighted by Gasteiger charge is -2.41. The number of nitrogens with zero attached hydrogens (tertiary/aromatic N) is 1. The molecule has 1 rings (SSSR count). The number of ether oxygens (including phenoxy) is 1. The van der Waals surface area contributed by atoms with Crippen LogP contribution in [0, 0.1) is 0 Å². The number of piperidine rings is 1. The molecule has 1 atom stereocenters. The van der Waals surface area contributed by atoms with Crippen LogP contribution in [-0.4, -0.2) is 54.9 Å². The van der Waals surface area contributed by atoms with Gasteiger partial charge in [-0.25, -0.2) is 0 Å². The molecule has 128 valence electrons. The summed E-state index contributed by atoms with van der Waals surface area (Å²) >= 11 is 0. The number of alkyl halides is 3. The molecule has 0 aliphatic carbocycles. The number of hydrogen-bond acceptors (Lipinski definition) is 4. The summed E-state index contributed by atoms with van der Waals surface area (Å²) in [6.45, 7) is 8.02. The summed E-state index contributed by atoms with van der Waals surface area (Å²) in [4.78, 5) is 13.7. The highest BCUT2D eigenvalue weighted by Crippen LogP contribution is 2.26. The standard InChI is InChI=1S/C15H25F3N2O2/c1-5-6-12(15(16,17)18)19-11-7-9-20(10-8-11)14(2,3)13(21)22-4/h5,11-12,19H,1,6-10H2,2-4H3. The van der Waals surface area contributed by atoms with E-state index in [0.717, 1.165) is 0 Å². The molecule has 1 aliphatic heterocycles. The molecule has 7 heteroatoms. The first kappa shape index (κ1) is 19.0. The number of hydrogen-bond donors (Lipinski definition) is 1. The zero-order chi connectivity index (χ0) is 17.0. The Labute approximate surface area is 129 Å². The van der Waals surface area contributed by atoms with Crippen LogP contribution in [0.2, 0.25) is 0 Å². The van der Waals surface area contributed by atoms with Crippen molar-refractivity contribution in [1.29, 1.82) is 0 Å². The fourth-order valence-corrected chi connectivity index (χ4v) is 2.73. The molecule has 1 saturated heterocycles. The molecule has 1 N–H and O–H groups in total. The molecule has 1 aliphatic rings. The van der Waals surface area contributed by atoms with Crippen molar-refractivity contribution >= 4 is 5.97 Å². The van der Waals surface area contributed by atoms with E-state index in [4.69, 9.17) is 4.74 Å². The van der Waals surface area contributed by atoms with E-state index >= 15 is 0 Å². The maximum Gasteiger partial charge on any atom is 0.404 e. The van der Waals surface area contributed by atoms with Crippen molar-refractivity contribution in [2.24, 2.45) is 0 Å². The van der Waals surface area contributed by atoms with Gasteiger partial charge < -0.3 is 10.1 Å². The molecular weight excluding hydrogens is 297 g/mol. The molecule has 1 fully saturated rings. The van der Waals surface area contributed by atoms with Crippen molar-refractivity contribution in [3.63, 3.8) is 0 Å². The fourth-order valence-electron chi connectivity index (χ4n) is 2.73. The molecule has 1 heterocycles. The number of halogens is 3. The van der Waals surface area contributed by atoms with E-state index in [1.54, 1.807) is 13.8 Å². The van der Waals surface area contributed by atoms with Crippen LogP contribution in [0.3, 0.4) is 0 Å². The molecule has 0 aromatic rings. The average Bonchev–Trinajstić information content (AvgIpc) is 2.45. The molecule has 0 aromatic heterocycles. The molecular formula is C15H25F3N2O2. The van der Waals surface area contributed by atoms with E-state index in [-0.39, 0.29) is 18.4 Å². The predicted octanol–water partition coefficient (Wildman–Crippen LogP) is 2.50. The third-order valence-corrected chi connectivity index (χ3v) is 4.20. The Hall–Kier alpha value is -1.08. The van der Waals surface area contributed by atoms with Crippen LogP contribution in [0.1, 0.15) is 33.1 Å². The van der Waals surface area contributed by atoms with E-state index in [0.29, 0.717) is 25.9 Å². The Morgan fingerprint density at radius 2 is 1.95 bits per heavy atom. The lowest BCUT2D eigenvalue weighted by molar-refractivity contribution is -0.158. The van der Waals surface area contributed by atoms with Gasteiger partial charge in [0, 0.05) is 19.1 Å². The van der Waals surface area contributed by atoms with Crippen LogP contribution in [0.15, 0.2) is 12.7 Å². The molecule has 0 radical (unpaired) electrons. The Bertz CT molecular complexity index is 389. The van der Waals surface area contributed by atoms with Crippen molar-refractivity contribution in [1.82, 2.24) is 10.2 Å². The molecule has 1 unspecified atom stereocenters. The average molecular weight is 322 g/mol. The number of likely N-dealkylation sites (tertiary alicyclic amines) is 1. The first-order valence-corrected chi connectivity index (χ1v) is 7.40. The van der Waals surface area contributed by atoms with Gasteiger partial charge in [0.1, 0.15) is 11.6 Å². The molecule has 0 spiro atoms. The summed E-state index contributed by atoms with van der Waals surface area (Å²) in [6, 6.07) is -1.77. The minimum atomic E-state index is -4.28. The largest absolute Gasteiger partial charge is 0.468 e. The Morgan fingerprint density at radius 1 is 1.41 bits per heavy atom. The number of nitrogens with one attached hydrogen (secondary N) is 1. The summed E-state index contributed by atoms with van der Waals surface area (Å²) in [7, 11) is 1.33. The molecule has 0 bridgehead atoms. The maximum atomic E-state index is 12.9. The Morgan fingerprint density at radius 3 is 2.36 bits per heavy atom. The van der Waals surface area contributed by atoms with Crippen LogP contribution in [0.5, 0.6) is 0 Å². The third-order valence-electron chi connectivity index (χ3n) is 4.20. The molecule has 0 saturated carbocycles. The van der Waals surface area contributed by atoms with E-state index in [1.165, 1.54) is 13.2 Å². The Kier molecular flexibility index (Phi) is 6.43. The second-order valence-corrected chi connectivity index (χ2v) is 6.10. The third kappa shape index (κ3) is 4.71. The molecule has 0 amide bonds. The van der Waals surface area contributed by atoms with Crippen molar-refractivity contribution in [2.75, 3.05) is 20.2 Å². The lowest BCUT2D eigenvalue weighted by atomic mass is 9.95. The molecule has 0 aromatic carbocycles. The minimum absolute atomic E-state index is 0.142. The van der Waals surface area contributed by atoms with Gasteiger partial charge in [-0.1, -0.05) is 6.08 Å². The summed E-state index contributed by atoms with van der Waals surface area (Å²) in [6.07, 6.45) is -2.02. The maximum absolute atomic E-state index is 12.9. The predicted molar refractivity (Wildman–Crippen MR) is 78.5 cm³/mol. The van der Waals surface area contributed by atoms with Crippen molar-refractivity contribution < 1.29 is 22.7 Å². The zero-order valence-corrected chi connectivity index (χ0v) is 13.4. The van der Waals surface area contributed by atoms with E-state index in [9.17, 15) is 18.0 Å². The van der Waals surface area contributed by atoms with Gasteiger partial charge in [0.2, 0.25) is 0 Å². The summed E-state index contributed by atoms with van der Waals surface area (Å²) in [5.74, 6) is -0.335. The van der Waals surface area contributed by atoms with Crippen LogP contribution >= 0.6 is 0 Å². The van der Waals surface area contributed by atoms with Crippen LogP contribution in [0.4, 0.5) is 13.2 Å². The number of rotatable bonds is 6. The second-order valence-electron chi connectivity index (χ2n) is 6.10. The second kappa shape index (κ2) is 7.46. The zero-order valence-electron chi connectivity index (χ0n) is 13.4. The number of esters is 1. The van der Waals surface area contributed by atoms with Gasteiger partial charge in [0.05, 0.1) is 7.11 Å². The summed E-state index contributed by atoms with van der Waals surface area (Å²) in [5, 5.41) is 2.67. The molecule has 4 nitrogen and oxygen atoms in total. The molecule has 22 heavy (non-hydrogen) atoms. The first-order chi connectivity index (χ1) is 10.1. The topological polar surface area (TPSA) is 41.6 Å². The first-order valence-electron chi connectivity index (χ1n) is 7.40. The van der Waals surface area contributed by atoms with E-state index < -0.39 is 17.8 Å². The number of methoxy groups -OCH3 is 1. The highest BCUT2D eigenvalue weighted by molar-refractivity contribution is 5.79. The van der Waals surface area contributed by atoms with E-state index in [2.05, 4.69) is 11.9 Å². The van der Waals surface area contributed by atoms with Crippen LogP contribution in [-0.2, 0) is 9.53 Å². The van der Waals surface area contributed by atoms with Gasteiger partial charge in [0.15, 0.2) is 0 Å². The normalized spacial score (nSPS) is 19.7. The van der Waals surface area contributed by atoms with Crippen molar-refractivity contribution in [3.8, 4) is 0 Å². The highest BCUT2D eigenvalue weighted by Gasteiger charge is 2.42. The quantitative estimate of drug-likeness (QED) is 0.603. The SMILES string of the molecule is C=CCC(NC1CCN(C(C)(C)C(=O)OC)CC1)C(F)(F)F. The van der Waals surface area contributed by atoms with Gasteiger partial charge >= 0.3 is 12.1 Å². The smallest absolute Gasteiger partial charge is 0.404 e. The minimum Gasteiger partial charge on any atom is -0.468 e. The van der Waals surface area contributed by atoms with Crippen molar-refractivity contribution in [2.45, 2.75) is 56.9 Å². The van der Waals surface area contributed by atoms with Crippen LogP contribution < -0.4 is 5.32 Å². The number of carbonyl (C=O) groups excluding carboxylic acids is 1.